The number of rotatable bonds is 4. The minimum Gasteiger partial charge on any atom is -0.362 e. The van der Waals surface area contributed by atoms with Gasteiger partial charge in [-0.05, 0) is 30.3 Å². The maximum Gasteiger partial charge on any atom is 0.269 e. The highest BCUT2D eigenvalue weighted by Crippen LogP contribution is 2.15. The highest BCUT2D eigenvalue weighted by Gasteiger charge is 2.04. The van der Waals surface area contributed by atoms with Crippen molar-refractivity contribution < 1.29 is 9.72 Å². The number of hydrogen-bond acceptors (Lipinski definition) is 3. The molecule has 1 amide bonds. The Morgan fingerprint density at radius 1 is 1.26 bits per heavy atom. The van der Waals surface area contributed by atoms with E-state index in [0.29, 0.717) is 5.69 Å². The number of carbonyl (C=O) groups is 1. The van der Waals surface area contributed by atoms with Gasteiger partial charge in [0, 0.05) is 35.8 Å². The molecule has 0 aliphatic rings. The minimum absolute atomic E-state index is 0.0140. The third-order valence-corrected chi connectivity index (χ3v) is 2.38. The second-order valence-corrected chi connectivity index (χ2v) is 3.75. The number of benzene rings is 1. The maximum atomic E-state index is 11.6. The van der Waals surface area contributed by atoms with E-state index < -0.39 is 4.92 Å². The van der Waals surface area contributed by atoms with Crippen LogP contribution >= 0.6 is 0 Å². The van der Waals surface area contributed by atoms with E-state index in [2.05, 4.69) is 10.3 Å². The first-order valence-corrected chi connectivity index (χ1v) is 5.52. The normalized spacial score (nSPS) is 10.5. The van der Waals surface area contributed by atoms with E-state index in [4.69, 9.17) is 0 Å². The summed E-state index contributed by atoms with van der Waals surface area (Å²) < 4.78 is 0. The van der Waals surface area contributed by atoms with Gasteiger partial charge in [-0.25, -0.2) is 0 Å². The molecule has 2 aromatic rings. The van der Waals surface area contributed by atoms with Gasteiger partial charge in [0.15, 0.2) is 0 Å². The van der Waals surface area contributed by atoms with Crippen molar-refractivity contribution in [3.63, 3.8) is 0 Å². The summed E-state index contributed by atoms with van der Waals surface area (Å²) in [4.78, 5) is 24.5. The third kappa shape index (κ3) is 3.53. The molecule has 0 saturated carbocycles. The molecule has 0 bridgehead atoms. The standard InChI is InChI=1S/C13H11N3O3/c17-13(8-5-10-2-1-9-14-10)15-11-3-6-12(7-4-11)16(18)19/h1-9,14H,(H,15,17)/b8-5+. The van der Waals surface area contributed by atoms with Crippen LogP contribution in [0.2, 0.25) is 0 Å². The number of hydrogen-bond donors (Lipinski definition) is 2. The number of carbonyl (C=O) groups excluding carboxylic acids is 1. The monoisotopic (exact) mass is 257 g/mol. The summed E-state index contributed by atoms with van der Waals surface area (Å²) in [6.07, 6.45) is 4.78. The van der Waals surface area contributed by atoms with Gasteiger partial charge in [-0.2, -0.15) is 0 Å². The van der Waals surface area contributed by atoms with Gasteiger partial charge in [-0.15, -0.1) is 0 Å². The molecule has 1 aromatic heterocycles. The first kappa shape index (κ1) is 12.6. The summed E-state index contributed by atoms with van der Waals surface area (Å²) in [5.74, 6) is -0.302. The molecule has 2 N–H and O–H groups in total. The Balaban J connectivity index is 1.97. The highest BCUT2D eigenvalue weighted by atomic mass is 16.6. The van der Waals surface area contributed by atoms with Crippen LogP contribution in [0.4, 0.5) is 11.4 Å². The van der Waals surface area contributed by atoms with E-state index in [0.717, 1.165) is 5.69 Å². The Hall–Kier alpha value is -2.89. The van der Waals surface area contributed by atoms with Crippen LogP contribution in [-0.4, -0.2) is 15.8 Å². The second kappa shape index (κ2) is 5.63. The molecular formula is C13H11N3O3. The lowest BCUT2D eigenvalue weighted by molar-refractivity contribution is -0.384. The van der Waals surface area contributed by atoms with Gasteiger partial charge in [0.05, 0.1) is 4.92 Å². The van der Waals surface area contributed by atoms with Crippen molar-refractivity contribution in [2.24, 2.45) is 0 Å². The number of anilines is 1. The zero-order valence-electron chi connectivity index (χ0n) is 9.87. The number of amides is 1. The lowest BCUT2D eigenvalue weighted by atomic mass is 10.3. The summed E-state index contributed by atoms with van der Waals surface area (Å²) in [5.41, 5.74) is 1.31. The number of non-ortho nitro benzene ring substituents is 1. The van der Waals surface area contributed by atoms with Gasteiger partial charge in [-0.1, -0.05) is 0 Å². The molecule has 0 saturated heterocycles. The van der Waals surface area contributed by atoms with Gasteiger partial charge in [0.1, 0.15) is 0 Å². The summed E-state index contributed by atoms with van der Waals surface area (Å²) in [5, 5.41) is 13.1. The quantitative estimate of drug-likeness (QED) is 0.501. The van der Waals surface area contributed by atoms with Gasteiger partial charge in [0.2, 0.25) is 5.91 Å². The van der Waals surface area contributed by atoms with Crippen molar-refractivity contribution >= 4 is 23.4 Å². The summed E-state index contributed by atoms with van der Waals surface area (Å²) in [6, 6.07) is 9.30. The fourth-order valence-electron chi connectivity index (χ4n) is 1.46. The number of H-pyrrole nitrogens is 1. The van der Waals surface area contributed by atoms with Gasteiger partial charge >= 0.3 is 0 Å². The van der Waals surface area contributed by atoms with Crippen molar-refractivity contribution in [2.45, 2.75) is 0 Å². The van der Waals surface area contributed by atoms with E-state index >= 15 is 0 Å². The Bertz CT molecular complexity index is 601. The molecule has 96 valence electrons. The molecule has 2 rings (SSSR count). The van der Waals surface area contributed by atoms with Crippen LogP contribution in [0, 0.1) is 10.1 Å². The van der Waals surface area contributed by atoms with Gasteiger partial charge in [-0.3, -0.25) is 14.9 Å². The van der Waals surface area contributed by atoms with Crippen molar-refractivity contribution in [1.82, 2.24) is 4.98 Å². The average Bonchev–Trinajstić information content (AvgIpc) is 2.90. The van der Waals surface area contributed by atoms with Crippen molar-refractivity contribution in [3.8, 4) is 0 Å². The Labute approximate surface area is 108 Å². The Kier molecular flexibility index (Phi) is 3.72. The molecule has 0 spiro atoms. The largest absolute Gasteiger partial charge is 0.362 e. The van der Waals surface area contributed by atoms with Crippen molar-refractivity contribution in [1.29, 1.82) is 0 Å². The SMILES string of the molecule is O=C(/C=C/c1ccc[nH]1)Nc1ccc([N+](=O)[O-])cc1. The predicted octanol–water partition coefficient (Wildman–Crippen LogP) is 2.57. The van der Waals surface area contributed by atoms with Crippen LogP contribution in [0.15, 0.2) is 48.7 Å². The molecular weight excluding hydrogens is 246 g/mol. The molecule has 1 aromatic carbocycles. The number of aromatic nitrogens is 1. The van der Waals surface area contributed by atoms with Crippen LogP contribution in [-0.2, 0) is 4.79 Å². The lowest BCUT2D eigenvalue weighted by Gasteiger charge is -2.00. The average molecular weight is 257 g/mol. The molecule has 6 nitrogen and oxygen atoms in total. The molecule has 0 atom stereocenters. The molecule has 0 aliphatic carbocycles. The van der Waals surface area contributed by atoms with Crippen LogP contribution in [0.5, 0.6) is 0 Å². The maximum absolute atomic E-state index is 11.6. The molecule has 19 heavy (non-hydrogen) atoms. The van der Waals surface area contributed by atoms with Crippen molar-refractivity contribution in [3.05, 3.63) is 64.5 Å². The van der Waals surface area contributed by atoms with Gasteiger partial charge < -0.3 is 10.3 Å². The number of aromatic amines is 1. The minimum atomic E-state index is -0.489. The van der Waals surface area contributed by atoms with Crippen LogP contribution < -0.4 is 5.32 Å². The lowest BCUT2D eigenvalue weighted by Crippen LogP contribution is -2.07. The number of nitro groups is 1. The molecule has 6 heteroatoms. The highest BCUT2D eigenvalue weighted by molar-refractivity contribution is 6.01. The Morgan fingerprint density at radius 3 is 2.58 bits per heavy atom. The summed E-state index contributed by atoms with van der Waals surface area (Å²) in [7, 11) is 0. The van der Waals surface area contributed by atoms with Crippen molar-refractivity contribution in [2.75, 3.05) is 5.32 Å². The zero-order valence-corrected chi connectivity index (χ0v) is 9.87. The van der Waals surface area contributed by atoms with Crippen LogP contribution in [0.1, 0.15) is 5.69 Å². The van der Waals surface area contributed by atoms with Crippen LogP contribution in [0.25, 0.3) is 6.08 Å². The first-order chi connectivity index (χ1) is 9.15. The fourth-order valence-corrected chi connectivity index (χ4v) is 1.46. The number of nitrogens with one attached hydrogen (secondary N) is 2. The van der Waals surface area contributed by atoms with E-state index in [1.54, 1.807) is 12.3 Å². The third-order valence-electron chi connectivity index (χ3n) is 2.38. The number of nitro benzene ring substituents is 1. The summed E-state index contributed by atoms with van der Waals surface area (Å²) in [6.45, 7) is 0. The van der Waals surface area contributed by atoms with Gasteiger partial charge in [0.25, 0.3) is 5.69 Å². The van der Waals surface area contributed by atoms with E-state index in [1.807, 2.05) is 12.1 Å². The smallest absolute Gasteiger partial charge is 0.269 e. The zero-order chi connectivity index (χ0) is 13.7. The fraction of sp³-hybridized carbons (Fsp3) is 0. The number of nitrogens with zero attached hydrogens (tertiary/aromatic N) is 1. The Morgan fingerprint density at radius 2 is 2.00 bits per heavy atom. The van der Waals surface area contributed by atoms with E-state index in [-0.39, 0.29) is 11.6 Å². The summed E-state index contributed by atoms with van der Waals surface area (Å²) >= 11 is 0. The second-order valence-electron chi connectivity index (χ2n) is 3.75. The first-order valence-electron chi connectivity index (χ1n) is 5.52. The molecule has 0 fully saturated rings. The van der Waals surface area contributed by atoms with E-state index in [1.165, 1.54) is 30.3 Å². The molecule has 1 heterocycles. The predicted molar refractivity (Wildman–Crippen MR) is 71.6 cm³/mol. The molecule has 0 radical (unpaired) electrons. The topological polar surface area (TPSA) is 88.0 Å². The van der Waals surface area contributed by atoms with E-state index in [9.17, 15) is 14.9 Å². The molecule has 0 unspecified atom stereocenters. The van der Waals surface area contributed by atoms with Crippen LogP contribution in [0.3, 0.4) is 0 Å². The molecule has 0 aliphatic heterocycles.